The van der Waals surface area contributed by atoms with E-state index in [0.717, 1.165) is 35.1 Å². The summed E-state index contributed by atoms with van der Waals surface area (Å²) >= 11 is 3.50. The molecule has 0 aliphatic carbocycles. The van der Waals surface area contributed by atoms with Crippen molar-refractivity contribution in [1.29, 1.82) is 0 Å². The van der Waals surface area contributed by atoms with E-state index in [0.29, 0.717) is 17.4 Å². The number of ether oxygens (including phenoxy) is 2. The molecule has 1 aliphatic rings. The molecule has 176 valence electrons. The van der Waals surface area contributed by atoms with Gasteiger partial charge in [-0.3, -0.25) is 9.29 Å². The second-order valence-corrected chi connectivity index (χ2v) is 10.6. The van der Waals surface area contributed by atoms with Gasteiger partial charge in [0.1, 0.15) is 23.0 Å². The number of aryl methyl sites for hydroxylation is 1. The number of nitrogens with one attached hydrogen (secondary N) is 1. The smallest absolute Gasteiger partial charge is 0.239 e. The van der Waals surface area contributed by atoms with E-state index < -0.39 is 0 Å². The number of thioether (sulfide) groups is 1. The third-order valence-electron chi connectivity index (χ3n) is 5.78. The van der Waals surface area contributed by atoms with E-state index >= 15 is 0 Å². The first-order valence-corrected chi connectivity index (χ1v) is 12.9. The van der Waals surface area contributed by atoms with Gasteiger partial charge in [0, 0.05) is 23.6 Å². The molecule has 1 saturated heterocycles. The zero-order chi connectivity index (χ0) is 23.4. The number of aromatic nitrogens is 5. The van der Waals surface area contributed by atoms with Gasteiger partial charge in [-0.25, -0.2) is 9.97 Å². The maximum absolute atomic E-state index is 5.70. The number of anilines is 1. The minimum atomic E-state index is 0.158. The molecule has 3 aromatic rings. The van der Waals surface area contributed by atoms with Crippen molar-refractivity contribution >= 4 is 29.7 Å². The highest BCUT2D eigenvalue weighted by Gasteiger charge is 2.29. The fraction of sp³-hybridized carbons (Fsp3) is 0.478. The van der Waals surface area contributed by atoms with Crippen molar-refractivity contribution < 1.29 is 9.47 Å². The van der Waals surface area contributed by atoms with E-state index in [4.69, 9.17) is 9.47 Å². The molecule has 10 heteroatoms. The topological polar surface area (TPSA) is 87.0 Å². The van der Waals surface area contributed by atoms with Crippen molar-refractivity contribution in [1.82, 2.24) is 24.7 Å². The fourth-order valence-electron chi connectivity index (χ4n) is 3.72. The molecule has 2 aromatic heterocycles. The highest BCUT2D eigenvalue weighted by molar-refractivity contribution is 8.01. The number of rotatable bonds is 9. The van der Waals surface area contributed by atoms with Crippen LogP contribution in [-0.4, -0.2) is 50.0 Å². The van der Waals surface area contributed by atoms with Gasteiger partial charge in [-0.1, -0.05) is 19.9 Å². The van der Waals surface area contributed by atoms with Crippen molar-refractivity contribution in [3.63, 3.8) is 0 Å². The Kier molecular flexibility index (Phi) is 7.64. The zero-order valence-electron chi connectivity index (χ0n) is 19.6. The van der Waals surface area contributed by atoms with E-state index in [2.05, 4.69) is 38.7 Å². The van der Waals surface area contributed by atoms with Crippen LogP contribution in [0.15, 0.2) is 30.6 Å². The molecular weight excluding hydrogens is 456 g/mol. The average Bonchev–Trinajstić information content (AvgIpc) is 3.51. The van der Waals surface area contributed by atoms with Crippen LogP contribution in [0.2, 0.25) is 0 Å². The molecule has 3 unspecified atom stereocenters. The lowest BCUT2D eigenvalue weighted by Gasteiger charge is -2.21. The molecule has 8 nitrogen and oxygen atoms in total. The van der Waals surface area contributed by atoms with Crippen molar-refractivity contribution in [2.24, 2.45) is 0 Å². The minimum absolute atomic E-state index is 0.158. The van der Waals surface area contributed by atoms with Crippen LogP contribution in [0.25, 0.3) is 5.69 Å². The van der Waals surface area contributed by atoms with Crippen LogP contribution in [0.3, 0.4) is 0 Å². The second kappa shape index (κ2) is 10.6. The molecule has 1 fully saturated rings. The number of benzene rings is 1. The largest absolute Gasteiger partial charge is 0.494 e. The lowest BCUT2D eigenvalue weighted by Crippen LogP contribution is -2.15. The summed E-state index contributed by atoms with van der Waals surface area (Å²) in [5, 5.41) is 9.60. The highest BCUT2D eigenvalue weighted by atomic mass is 32.2. The lowest BCUT2D eigenvalue weighted by molar-refractivity contribution is 0.390. The Morgan fingerprint density at radius 2 is 1.82 bits per heavy atom. The predicted octanol–water partition coefficient (Wildman–Crippen LogP) is 5.20. The highest BCUT2D eigenvalue weighted by Crippen LogP contribution is 2.44. The van der Waals surface area contributed by atoms with Gasteiger partial charge >= 0.3 is 0 Å². The van der Waals surface area contributed by atoms with E-state index in [1.54, 1.807) is 26.2 Å². The quantitative estimate of drug-likeness (QED) is 0.410. The number of para-hydroxylation sites is 1. The molecule has 4 rings (SSSR count). The third-order valence-corrected chi connectivity index (χ3v) is 8.23. The molecule has 0 amide bonds. The molecule has 0 bridgehead atoms. The zero-order valence-corrected chi connectivity index (χ0v) is 21.2. The summed E-state index contributed by atoms with van der Waals surface area (Å²) in [7, 11) is 3.33. The summed E-state index contributed by atoms with van der Waals surface area (Å²) in [6, 6.07) is 5.78. The molecule has 1 N–H and O–H groups in total. The molecule has 0 spiro atoms. The van der Waals surface area contributed by atoms with Crippen molar-refractivity contribution in [2.45, 2.75) is 50.0 Å². The number of hydrogen-bond donors (Lipinski definition) is 1. The molecule has 3 atom stereocenters. The Labute approximate surface area is 203 Å². The van der Waals surface area contributed by atoms with Crippen molar-refractivity contribution in [3.8, 4) is 17.2 Å². The van der Waals surface area contributed by atoms with Gasteiger partial charge in [0.2, 0.25) is 5.95 Å². The van der Waals surface area contributed by atoms with Crippen molar-refractivity contribution in [2.75, 3.05) is 24.7 Å². The van der Waals surface area contributed by atoms with E-state index in [1.807, 2.05) is 53.8 Å². The second-order valence-electron chi connectivity index (χ2n) is 8.06. The first kappa shape index (κ1) is 23.7. The fourth-order valence-corrected chi connectivity index (χ4v) is 5.72. The Hall–Kier alpha value is -2.46. The van der Waals surface area contributed by atoms with E-state index in [1.165, 1.54) is 6.42 Å². The average molecular weight is 487 g/mol. The molecule has 1 aromatic carbocycles. The van der Waals surface area contributed by atoms with Gasteiger partial charge in [-0.2, -0.15) is 11.8 Å². The van der Waals surface area contributed by atoms with Crippen LogP contribution in [0.4, 0.5) is 5.95 Å². The summed E-state index contributed by atoms with van der Waals surface area (Å²) in [6.07, 6.45) is 5.97. The lowest BCUT2D eigenvalue weighted by atomic mass is 10.1. The molecule has 33 heavy (non-hydrogen) atoms. The summed E-state index contributed by atoms with van der Waals surface area (Å²) in [6.45, 7) is 6.29. The number of methoxy groups -OCH3 is 2. The summed E-state index contributed by atoms with van der Waals surface area (Å²) in [4.78, 5) is 9.00. The normalized spacial score (nSPS) is 17.5. The standard InChI is InChI=1S/C23H30N6O2S2/c1-14-12-24-21(25-13-14)15(2)16(3)33-28-23-27-26-22(19-10-7-11-32-19)29(23)20-17(30-4)8-6-9-18(20)31-5/h6,8-9,12-13,15-16,19H,7,10-11H2,1-5H3,(H,27,28). The van der Waals surface area contributed by atoms with Crippen LogP contribution >= 0.6 is 23.7 Å². The van der Waals surface area contributed by atoms with Crippen molar-refractivity contribution in [3.05, 3.63) is 47.8 Å². The Balaban J connectivity index is 1.65. The molecule has 0 saturated carbocycles. The Morgan fingerprint density at radius 3 is 2.42 bits per heavy atom. The van der Waals surface area contributed by atoms with Crippen LogP contribution in [0.1, 0.15) is 55.1 Å². The molecule has 1 aliphatic heterocycles. The minimum Gasteiger partial charge on any atom is -0.494 e. The third kappa shape index (κ3) is 5.06. The number of nitrogens with zero attached hydrogens (tertiary/aromatic N) is 5. The van der Waals surface area contributed by atoms with Crippen LogP contribution in [-0.2, 0) is 0 Å². The van der Waals surface area contributed by atoms with E-state index in [-0.39, 0.29) is 16.4 Å². The van der Waals surface area contributed by atoms with Crippen LogP contribution in [0, 0.1) is 6.92 Å². The van der Waals surface area contributed by atoms with Gasteiger partial charge in [0.05, 0.1) is 19.5 Å². The van der Waals surface area contributed by atoms with E-state index in [9.17, 15) is 0 Å². The Bertz CT molecular complexity index is 1050. The summed E-state index contributed by atoms with van der Waals surface area (Å²) < 4.78 is 16.9. The van der Waals surface area contributed by atoms with Crippen LogP contribution < -0.4 is 14.2 Å². The van der Waals surface area contributed by atoms with Gasteiger partial charge < -0.3 is 9.47 Å². The first-order chi connectivity index (χ1) is 16.0. The molecular formula is C23H30N6O2S2. The molecule has 3 heterocycles. The summed E-state index contributed by atoms with van der Waals surface area (Å²) in [5.74, 6) is 5.09. The van der Waals surface area contributed by atoms with Gasteiger partial charge in [-0.05, 0) is 55.2 Å². The maximum Gasteiger partial charge on any atom is 0.239 e. The Morgan fingerprint density at radius 1 is 1.12 bits per heavy atom. The molecule has 0 radical (unpaired) electrons. The predicted molar refractivity (Wildman–Crippen MR) is 135 cm³/mol. The van der Waals surface area contributed by atoms with Crippen LogP contribution in [0.5, 0.6) is 11.5 Å². The summed E-state index contributed by atoms with van der Waals surface area (Å²) in [5.41, 5.74) is 1.86. The monoisotopic (exact) mass is 486 g/mol. The first-order valence-electron chi connectivity index (χ1n) is 11.0. The van der Waals surface area contributed by atoms with Gasteiger partial charge in [0.15, 0.2) is 5.82 Å². The maximum atomic E-state index is 5.70. The van der Waals surface area contributed by atoms with Gasteiger partial charge in [0.25, 0.3) is 0 Å². The SMILES string of the molecule is COc1cccc(OC)c1-n1c(NSC(C)C(C)c2ncc(C)cn2)nnc1C1CCCS1. The number of hydrogen-bond acceptors (Lipinski definition) is 9. The van der Waals surface area contributed by atoms with Gasteiger partial charge in [-0.15, -0.1) is 10.2 Å².